The van der Waals surface area contributed by atoms with E-state index in [4.69, 9.17) is 0 Å². The van der Waals surface area contributed by atoms with Crippen molar-refractivity contribution in [3.63, 3.8) is 0 Å². The lowest BCUT2D eigenvalue weighted by Crippen LogP contribution is -2.31. The van der Waals surface area contributed by atoms with Crippen LogP contribution in [0.25, 0.3) is 0 Å². The van der Waals surface area contributed by atoms with Crippen LogP contribution in [0.15, 0.2) is 0 Å². The molecule has 0 amide bonds. The van der Waals surface area contributed by atoms with E-state index in [0.29, 0.717) is 24.7 Å². The molecule has 4 atom stereocenters. The van der Waals surface area contributed by atoms with Gasteiger partial charge in [-0.25, -0.2) is 8.78 Å². The molecule has 128 valence electrons. The van der Waals surface area contributed by atoms with Crippen molar-refractivity contribution in [1.82, 2.24) is 0 Å². The van der Waals surface area contributed by atoms with Crippen LogP contribution in [-0.4, -0.2) is 12.3 Å². The molecule has 3 fully saturated rings. The minimum absolute atomic E-state index is 0.495. The Kier molecular flexibility index (Phi) is 5.79. The second kappa shape index (κ2) is 7.62. The first kappa shape index (κ1) is 16.7. The number of fused-ring (bicyclic) bond motifs is 1. The molecule has 3 saturated carbocycles. The minimum Gasteiger partial charge on any atom is -0.244 e. The van der Waals surface area contributed by atoms with Gasteiger partial charge < -0.3 is 0 Å². The molecule has 0 heterocycles. The molecule has 3 aliphatic carbocycles. The number of halogens is 2. The Morgan fingerprint density at radius 1 is 0.682 bits per heavy atom. The Morgan fingerprint density at radius 2 is 1.23 bits per heavy atom. The van der Waals surface area contributed by atoms with Crippen molar-refractivity contribution in [3.05, 3.63) is 0 Å². The van der Waals surface area contributed by atoms with Crippen molar-refractivity contribution < 1.29 is 8.78 Å². The van der Waals surface area contributed by atoms with Crippen LogP contribution in [0.5, 0.6) is 0 Å². The Morgan fingerprint density at radius 3 is 1.77 bits per heavy atom. The summed E-state index contributed by atoms with van der Waals surface area (Å²) < 4.78 is 27.2. The van der Waals surface area contributed by atoms with Gasteiger partial charge in [-0.05, 0) is 68.1 Å². The number of alkyl halides is 2. The maximum absolute atomic E-state index is 13.6. The summed E-state index contributed by atoms with van der Waals surface area (Å²) in [6.45, 7) is 2.28. The van der Waals surface area contributed by atoms with E-state index in [2.05, 4.69) is 6.92 Å². The molecule has 0 aromatic heterocycles. The zero-order valence-corrected chi connectivity index (χ0v) is 14.3. The standard InChI is InChI=1S/C20H34F2/c1-2-3-4-5-14-6-8-15(9-7-14)16-10-17-12-19(21)20(22)13-18(17)11-16/h14-20H,2-13H2,1H3. The van der Waals surface area contributed by atoms with Crippen LogP contribution in [0.2, 0.25) is 0 Å². The van der Waals surface area contributed by atoms with Gasteiger partial charge in [0.2, 0.25) is 0 Å². The summed E-state index contributed by atoms with van der Waals surface area (Å²) >= 11 is 0. The van der Waals surface area contributed by atoms with Crippen LogP contribution in [0, 0.1) is 29.6 Å². The third-order valence-corrected chi connectivity index (χ3v) is 7.10. The molecule has 0 aromatic rings. The molecule has 0 N–H and O–H groups in total. The van der Waals surface area contributed by atoms with Crippen LogP contribution in [0.4, 0.5) is 8.78 Å². The SMILES string of the molecule is CCCCCC1CCC(C2CC3CC(F)C(F)CC3C2)CC1. The van der Waals surface area contributed by atoms with Gasteiger partial charge >= 0.3 is 0 Å². The highest BCUT2D eigenvalue weighted by Crippen LogP contribution is 2.51. The largest absolute Gasteiger partial charge is 0.244 e. The van der Waals surface area contributed by atoms with E-state index in [0.717, 1.165) is 17.8 Å². The van der Waals surface area contributed by atoms with Crippen molar-refractivity contribution in [1.29, 1.82) is 0 Å². The smallest absolute Gasteiger partial charge is 0.131 e. The lowest BCUT2D eigenvalue weighted by atomic mass is 9.73. The monoisotopic (exact) mass is 312 g/mol. The zero-order valence-electron chi connectivity index (χ0n) is 14.3. The molecule has 3 rings (SSSR count). The molecule has 22 heavy (non-hydrogen) atoms. The lowest BCUT2D eigenvalue weighted by Gasteiger charge is -2.32. The van der Waals surface area contributed by atoms with Gasteiger partial charge in [-0.3, -0.25) is 0 Å². The predicted octanol–water partition coefficient (Wildman–Crippen LogP) is 6.49. The summed E-state index contributed by atoms with van der Waals surface area (Å²) in [4.78, 5) is 0. The summed E-state index contributed by atoms with van der Waals surface area (Å²) in [6, 6.07) is 0. The molecule has 0 radical (unpaired) electrons. The first-order valence-corrected chi connectivity index (χ1v) is 9.95. The Balaban J connectivity index is 1.43. The molecule has 4 unspecified atom stereocenters. The van der Waals surface area contributed by atoms with Gasteiger partial charge in [0.15, 0.2) is 0 Å². The summed E-state index contributed by atoms with van der Waals surface area (Å²) in [5.41, 5.74) is 0. The summed E-state index contributed by atoms with van der Waals surface area (Å²) in [5, 5.41) is 0. The first-order chi connectivity index (χ1) is 10.7. The second-order valence-electron chi connectivity index (χ2n) is 8.53. The van der Waals surface area contributed by atoms with Crippen LogP contribution >= 0.6 is 0 Å². The summed E-state index contributed by atoms with van der Waals surface area (Å²) in [7, 11) is 0. The molecule has 3 aliphatic rings. The van der Waals surface area contributed by atoms with Crippen LogP contribution in [-0.2, 0) is 0 Å². The van der Waals surface area contributed by atoms with Crippen molar-refractivity contribution in [2.45, 2.75) is 96.3 Å². The van der Waals surface area contributed by atoms with E-state index in [1.54, 1.807) is 0 Å². The molecule has 2 heteroatoms. The van der Waals surface area contributed by atoms with Gasteiger partial charge in [0.1, 0.15) is 12.3 Å². The fourth-order valence-corrected chi connectivity index (χ4v) is 5.73. The van der Waals surface area contributed by atoms with E-state index in [9.17, 15) is 8.78 Å². The molecule has 0 aromatic carbocycles. The molecular formula is C20H34F2. The number of unbranched alkanes of at least 4 members (excludes halogenated alkanes) is 2. The molecular weight excluding hydrogens is 278 g/mol. The van der Waals surface area contributed by atoms with Crippen LogP contribution in [0.3, 0.4) is 0 Å². The van der Waals surface area contributed by atoms with E-state index in [1.807, 2.05) is 0 Å². The van der Waals surface area contributed by atoms with Crippen molar-refractivity contribution in [2.75, 3.05) is 0 Å². The maximum Gasteiger partial charge on any atom is 0.131 e. The predicted molar refractivity (Wildman–Crippen MR) is 88.3 cm³/mol. The highest BCUT2D eigenvalue weighted by molar-refractivity contribution is 4.95. The fourth-order valence-electron chi connectivity index (χ4n) is 5.73. The molecule has 0 saturated heterocycles. The van der Waals surface area contributed by atoms with Crippen LogP contribution in [0.1, 0.15) is 84.0 Å². The zero-order chi connectivity index (χ0) is 15.5. The molecule has 0 aliphatic heterocycles. The van der Waals surface area contributed by atoms with Crippen molar-refractivity contribution in [2.24, 2.45) is 29.6 Å². The van der Waals surface area contributed by atoms with E-state index in [1.165, 1.54) is 64.2 Å². The van der Waals surface area contributed by atoms with Gasteiger partial charge in [0, 0.05) is 0 Å². The summed E-state index contributed by atoms with van der Waals surface area (Å²) in [5.74, 6) is 3.61. The number of rotatable bonds is 5. The van der Waals surface area contributed by atoms with E-state index in [-0.39, 0.29) is 0 Å². The Labute approximate surface area is 135 Å². The lowest BCUT2D eigenvalue weighted by molar-refractivity contribution is 0.0628. The van der Waals surface area contributed by atoms with E-state index < -0.39 is 12.3 Å². The number of hydrogen-bond donors (Lipinski definition) is 0. The normalized spacial score (nSPS) is 45.7. The quantitative estimate of drug-likeness (QED) is 0.509. The Hall–Kier alpha value is -0.140. The average molecular weight is 312 g/mol. The molecule has 0 bridgehead atoms. The van der Waals surface area contributed by atoms with Crippen molar-refractivity contribution >= 4 is 0 Å². The average Bonchev–Trinajstić information content (AvgIpc) is 2.91. The van der Waals surface area contributed by atoms with E-state index >= 15 is 0 Å². The Bertz CT molecular complexity index is 317. The van der Waals surface area contributed by atoms with Crippen LogP contribution < -0.4 is 0 Å². The highest BCUT2D eigenvalue weighted by atomic mass is 19.2. The van der Waals surface area contributed by atoms with Gasteiger partial charge in [0.25, 0.3) is 0 Å². The second-order valence-corrected chi connectivity index (χ2v) is 8.53. The van der Waals surface area contributed by atoms with Gasteiger partial charge in [-0.1, -0.05) is 45.4 Å². The minimum atomic E-state index is -1.17. The molecule has 0 nitrogen and oxygen atoms in total. The third kappa shape index (κ3) is 3.85. The van der Waals surface area contributed by atoms with Crippen molar-refractivity contribution in [3.8, 4) is 0 Å². The van der Waals surface area contributed by atoms with Gasteiger partial charge in [0.05, 0.1) is 0 Å². The highest BCUT2D eigenvalue weighted by Gasteiger charge is 2.45. The third-order valence-electron chi connectivity index (χ3n) is 7.10. The summed E-state index contributed by atoms with van der Waals surface area (Å²) in [6.07, 6.45) is 12.2. The van der Waals surface area contributed by atoms with Gasteiger partial charge in [-0.2, -0.15) is 0 Å². The van der Waals surface area contributed by atoms with Gasteiger partial charge in [-0.15, -0.1) is 0 Å². The molecule has 0 spiro atoms. The maximum atomic E-state index is 13.6. The fraction of sp³-hybridized carbons (Fsp3) is 1.00. The first-order valence-electron chi connectivity index (χ1n) is 9.95. The topological polar surface area (TPSA) is 0 Å². The number of hydrogen-bond acceptors (Lipinski definition) is 0.